The summed E-state index contributed by atoms with van der Waals surface area (Å²) in [6.45, 7) is 3.93. The Bertz CT molecular complexity index is 72.1. The number of thiocarbonyl (C=S) groups is 1. The van der Waals surface area contributed by atoms with E-state index >= 15 is 0 Å². The zero-order valence-corrected chi connectivity index (χ0v) is 6.80. The van der Waals surface area contributed by atoms with E-state index in [0.717, 1.165) is 0 Å². The van der Waals surface area contributed by atoms with Crippen LogP contribution in [0.5, 0.6) is 0 Å². The number of hydrogen-bond donors (Lipinski definition) is 0. The summed E-state index contributed by atoms with van der Waals surface area (Å²) < 4.78 is 11.4. The molecular formula is C4H7FSSe. The Labute approximate surface area is 54.6 Å². The van der Waals surface area contributed by atoms with Crippen molar-refractivity contribution in [2.75, 3.05) is 0 Å². The number of hydrogen-bond acceptors (Lipinski definition) is 1. The molecule has 0 radical (unpaired) electrons. The molecule has 0 aliphatic heterocycles. The molecule has 0 saturated carbocycles. The van der Waals surface area contributed by atoms with Gasteiger partial charge in [0.1, 0.15) is 0 Å². The molecule has 0 nitrogen and oxygen atoms in total. The average molecular weight is 185 g/mol. The maximum absolute atomic E-state index is 11.7. The van der Waals surface area contributed by atoms with Crippen molar-refractivity contribution in [2.45, 2.75) is 18.7 Å². The van der Waals surface area contributed by atoms with Gasteiger partial charge in [-0.25, -0.2) is 0 Å². The Morgan fingerprint density at radius 2 is 2.14 bits per heavy atom. The van der Waals surface area contributed by atoms with E-state index in [0.29, 0.717) is 4.82 Å². The van der Waals surface area contributed by atoms with Gasteiger partial charge in [0.05, 0.1) is 0 Å². The van der Waals surface area contributed by atoms with E-state index in [4.69, 9.17) is 0 Å². The van der Waals surface area contributed by atoms with Crippen molar-refractivity contribution in [2.24, 2.45) is 0 Å². The van der Waals surface area contributed by atoms with Crippen LogP contribution < -0.4 is 0 Å². The summed E-state index contributed by atoms with van der Waals surface area (Å²) in [4.78, 5) is 0.421. The normalized spacial score (nSPS) is 9.71. The SMILES string of the molecule is CC(C)[Se]C(F)=S. The van der Waals surface area contributed by atoms with Crippen LogP contribution in [-0.2, 0) is 0 Å². The predicted octanol–water partition coefficient (Wildman–Crippen LogP) is 1.77. The summed E-state index contributed by atoms with van der Waals surface area (Å²) >= 11 is 4.17. The number of halogens is 1. The molecule has 0 rings (SSSR count). The van der Waals surface area contributed by atoms with E-state index in [9.17, 15) is 4.39 Å². The summed E-state index contributed by atoms with van der Waals surface area (Å²) in [5, 5.41) is 0. The van der Waals surface area contributed by atoms with Gasteiger partial charge in [-0.2, -0.15) is 0 Å². The average Bonchev–Trinajstić information content (AvgIpc) is 1.27. The van der Waals surface area contributed by atoms with Crippen molar-refractivity contribution in [3.63, 3.8) is 0 Å². The molecule has 3 heteroatoms. The molecule has 0 saturated heterocycles. The molecule has 0 aromatic heterocycles. The molecule has 0 fully saturated rings. The molecular weight excluding hydrogens is 178 g/mol. The van der Waals surface area contributed by atoms with Crippen LogP contribution in [0.15, 0.2) is 0 Å². The van der Waals surface area contributed by atoms with Crippen molar-refractivity contribution in [1.82, 2.24) is 0 Å². The first kappa shape index (κ1) is 7.54. The Hall–Kier alpha value is 0.539. The van der Waals surface area contributed by atoms with Gasteiger partial charge in [-0.1, -0.05) is 0 Å². The first-order chi connectivity index (χ1) is 3.13. The third-order valence-electron chi connectivity index (χ3n) is 0.328. The molecule has 7 heavy (non-hydrogen) atoms. The molecule has 0 aromatic carbocycles. The van der Waals surface area contributed by atoms with E-state index in [-0.39, 0.29) is 19.0 Å². The summed E-state index contributed by atoms with van der Waals surface area (Å²) in [5.41, 5.74) is 0. The topological polar surface area (TPSA) is 0 Å². The Morgan fingerprint density at radius 1 is 1.71 bits per heavy atom. The van der Waals surface area contributed by atoms with Gasteiger partial charge < -0.3 is 0 Å². The van der Waals surface area contributed by atoms with Crippen molar-refractivity contribution in [3.05, 3.63) is 0 Å². The zero-order valence-electron chi connectivity index (χ0n) is 4.27. The van der Waals surface area contributed by atoms with E-state index < -0.39 is 0 Å². The molecule has 0 heterocycles. The molecule has 0 amide bonds. The molecule has 42 valence electrons. The number of rotatable bonds is 2. The zero-order chi connectivity index (χ0) is 5.86. The van der Waals surface area contributed by atoms with Gasteiger partial charge in [0.2, 0.25) is 0 Å². The van der Waals surface area contributed by atoms with E-state index in [1.54, 1.807) is 0 Å². The van der Waals surface area contributed by atoms with Crippen LogP contribution in [0.25, 0.3) is 0 Å². The summed E-state index contributed by atoms with van der Waals surface area (Å²) in [6, 6.07) is 0. The van der Waals surface area contributed by atoms with Gasteiger partial charge in [0.15, 0.2) is 0 Å². The van der Waals surface area contributed by atoms with Gasteiger partial charge in [0.25, 0.3) is 0 Å². The van der Waals surface area contributed by atoms with Crippen molar-refractivity contribution < 1.29 is 4.39 Å². The Kier molecular flexibility index (Phi) is 3.80. The van der Waals surface area contributed by atoms with Crippen LogP contribution in [0.1, 0.15) is 13.8 Å². The third-order valence-corrected chi connectivity index (χ3v) is 2.21. The molecule has 0 aromatic rings. The van der Waals surface area contributed by atoms with Crippen molar-refractivity contribution >= 4 is 31.2 Å². The van der Waals surface area contributed by atoms with Crippen LogP contribution in [0.4, 0.5) is 4.39 Å². The fraction of sp³-hybridized carbons (Fsp3) is 0.750. The fourth-order valence-electron chi connectivity index (χ4n) is 0.185. The van der Waals surface area contributed by atoms with Gasteiger partial charge in [-0.05, 0) is 0 Å². The van der Waals surface area contributed by atoms with Gasteiger partial charge in [-0.15, -0.1) is 0 Å². The van der Waals surface area contributed by atoms with E-state index in [1.807, 2.05) is 13.8 Å². The molecule has 0 unspecified atom stereocenters. The second-order valence-electron chi connectivity index (χ2n) is 1.40. The predicted molar refractivity (Wildman–Crippen MR) is 34.6 cm³/mol. The van der Waals surface area contributed by atoms with Crippen LogP contribution >= 0.6 is 12.2 Å². The summed E-state index contributed by atoms with van der Waals surface area (Å²) in [7, 11) is 0. The van der Waals surface area contributed by atoms with Crippen LogP contribution in [0.2, 0.25) is 4.82 Å². The second kappa shape index (κ2) is 3.53. The van der Waals surface area contributed by atoms with E-state index in [1.165, 1.54) is 0 Å². The van der Waals surface area contributed by atoms with Crippen LogP contribution in [-0.4, -0.2) is 19.0 Å². The maximum atomic E-state index is 11.7. The standard InChI is InChI=1S/C4H7FSSe/c1-3(2)7-4(5)6/h3H,1-2H3. The third kappa shape index (κ3) is 6.54. The molecule has 0 aliphatic rings. The monoisotopic (exact) mass is 186 g/mol. The van der Waals surface area contributed by atoms with Gasteiger partial charge in [0, 0.05) is 0 Å². The minimum absolute atomic E-state index is 0.0602. The summed E-state index contributed by atoms with van der Waals surface area (Å²) in [6.07, 6.45) is 0. The van der Waals surface area contributed by atoms with Gasteiger partial charge in [-0.3, -0.25) is 0 Å². The van der Waals surface area contributed by atoms with Crippen molar-refractivity contribution in [3.8, 4) is 0 Å². The minimum atomic E-state index is -0.317. The van der Waals surface area contributed by atoms with E-state index in [2.05, 4.69) is 12.2 Å². The Morgan fingerprint density at radius 3 is 2.14 bits per heavy atom. The molecule has 0 aliphatic carbocycles. The molecule has 0 N–H and O–H groups in total. The first-order valence-corrected chi connectivity index (χ1v) is 4.24. The van der Waals surface area contributed by atoms with Crippen molar-refractivity contribution in [1.29, 1.82) is 0 Å². The molecule has 0 atom stereocenters. The quantitative estimate of drug-likeness (QED) is 0.359. The van der Waals surface area contributed by atoms with Gasteiger partial charge >= 0.3 is 54.2 Å². The second-order valence-corrected chi connectivity index (χ2v) is 5.57. The summed E-state index contributed by atoms with van der Waals surface area (Å²) in [5.74, 6) is 0. The van der Waals surface area contributed by atoms with Crippen LogP contribution in [0, 0.1) is 0 Å². The molecule has 0 bridgehead atoms. The first-order valence-electron chi connectivity index (χ1n) is 1.99. The van der Waals surface area contributed by atoms with Crippen LogP contribution in [0.3, 0.4) is 0 Å². The Balaban J connectivity index is 3.13. The molecule has 0 spiro atoms. The fourth-order valence-corrected chi connectivity index (χ4v) is 1.96.